The Morgan fingerprint density at radius 2 is 0.793 bits per heavy atom. The average Bonchev–Trinajstić information content (AvgIpc) is 4.09. The van der Waals surface area contributed by atoms with Gasteiger partial charge in [-0.3, -0.25) is 0 Å². The minimum atomic E-state index is -1.28. The highest BCUT2D eigenvalue weighted by molar-refractivity contribution is 7.58. The number of alkyl halides is 2. The van der Waals surface area contributed by atoms with E-state index in [0.717, 1.165) is 152 Å². The number of thiophene rings is 2. The lowest BCUT2D eigenvalue weighted by molar-refractivity contribution is 0.127. The lowest BCUT2D eigenvalue weighted by Crippen LogP contribution is -2.20. The number of benzene rings is 3. The fourth-order valence-corrected chi connectivity index (χ4v) is 11.5. The van der Waals surface area contributed by atoms with Crippen LogP contribution >= 0.6 is 34.4 Å². The van der Waals surface area contributed by atoms with Crippen molar-refractivity contribution < 1.29 is 8.78 Å². The molecule has 0 amide bonds. The molecule has 0 N–H and O–H groups in total. The molecule has 1 aliphatic heterocycles. The number of rotatable bonds is 22. The fourth-order valence-electron chi connectivity index (χ4n) is 8.29. The first kappa shape index (κ1) is 42.7. The van der Waals surface area contributed by atoms with E-state index in [0.29, 0.717) is 25.7 Å². The van der Waals surface area contributed by atoms with Gasteiger partial charge in [-0.1, -0.05) is 128 Å². The van der Waals surface area contributed by atoms with E-state index < -0.39 is 11.3 Å². The number of nitrogens with zero attached hydrogens (tertiary/aromatic N) is 4. The van der Waals surface area contributed by atoms with Gasteiger partial charge in [0.25, 0.3) is 0 Å². The molecule has 3 aromatic carbocycles. The Morgan fingerprint density at radius 3 is 1.14 bits per heavy atom. The van der Waals surface area contributed by atoms with Crippen molar-refractivity contribution in [3.05, 3.63) is 83.9 Å². The van der Waals surface area contributed by atoms with Gasteiger partial charge in [-0.15, -0.1) is 22.7 Å². The van der Waals surface area contributed by atoms with Gasteiger partial charge in [0.15, 0.2) is 0 Å². The molecule has 0 radical (unpaired) electrons. The second-order valence-corrected chi connectivity index (χ2v) is 19.1. The van der Waals surface area contributed by atoms with Gasteiger partial charge in [-0.25, -0.2) is 8.78 Å². The van der Waals surface area contributed by atoms with Crippen LogP contribution in [0.4, 0.5) is 20.2 Å². The summed E-state index contributed by atoms with van der Waals surface area (Å²) in [5, 5.41) is 0. The molecule has 6 aromatic rings. The molecule has 0 aliphatic carbocycles. The fraction of sp³-hybridized carbons (Fsp3) is 0.458. The topological polar surface area (TPSA) is 50.5 Å². The maximum Gasteiger partial charge on any atom is 0.136 e. The van der Waals surface area contributed by atoms with Crippen LogP contribution in [-0.2, 0) is 22.7 Å². The molecular weight excluding hydrogens is 799 g/mol. The van der Waals surface area contributed by atoms with Crippen LogP contribution in [0.15, 0.2) is 81.5 Å². The van der Waals surface area contributed by atoms with Crippen molar-refractivity contribution in [2.24, 2.45) is 8.73 Å². The lowest BCUT2D eigenvalue weighted by atomic mass is 9.85. The monoisotopic (exact) mass is 854 g/mol. The van der Waals surface area contributed by atoms with Crippen LogP contribution in [0.2, 0.25) is 0 Å². The molecule has 0 atom stereocenters. The maximum atomic E-state index is 16.5. The number of aromatic nitrogens is 2. The van der Waals surface area contributed by atoms with Crippen LogP contribution in [0.1, 0.15) is 142 Å². The Kier molecular flexibility index (Phi) is 14.5. The van der Waals surface area contributed by atoms with Crippen LogP contribution < -0.4 is 0 Å². The SMILES string of the molecule is CCCCCC(F)(CCCCC)c1ccc(-c2ccc(-c3c4c(c(-c5ccc(-c6ccc(C(F)(CCCCC)CCCCC)cc6)s5)c5nsnc35)N=S=N4)s2)cc1. The van der Waals surface area contributed by atoms with Crippen LogP contribution in [0.25, 0.3) is 52.8 Å². The average molecular weight is 855 g/mol. The van der Waals surface area contributed by atoms with Crippen LogP contribution in [-0.4, -0.2) is 8.75 Å². The van der Waals surface area contributed by atoms with E-state index in [-0.39, 0.29) is 0 Å². The van der Waals surface area contributed by atoms with Crippen molar-refractivity contribution in [1.29, 1.82) is 0 Å². The Bertz CT molecular complexity index is 2160. The molecule has 0 saturated carbocycles. The van der Waals surface area contributed by atoms with Crippen molar-refractivity contribution in [1.82, 2.24) is 8.75 Å². The molecule has 4 nitrogen and oxygen atoms in total. The predicted molar refractivity (Wildman–Crippen MR) is 249 cm³/mol. The molecule has 1 aliphatic rings. The van der Waals surface area contributed by atoms with Crippen molar-refractivity contribution in [3.8, 4) is 41.8 Å². The zero-order valence-corrected chi connectivity index (χ0v) is 37.7. The quantitative estimate of drug-likeness (QED) is 0.0638. The van der Waals surface area contributed by atoms with Gasteiger partial charge in [-0.2, -0.15) is 17.5 Å². The van der Waals surface area contributed by atoms with Gasteiger partial charge in [0.05, 0.1) is 23.1 Å². The second kappa shape index (κ2) is 19.7. The zero-order valence-electron chi connectivity index (χ0n) is 34.4. The van der Waals surface area contributed by atoms with Crippen molar-refractivity contribution in [2.45, 2.75) is 142 Å². The van der Waals surface area contributed by atoms with Crippen molar-refractivity contribution in [2.75, 3.05) is 0 Å². The van der Waals surface area contributed by atoms with Crippen LogP contribution in [0.3, 0.4) is 0 Å². The Balaban J connectivity index is 1.15. The number of unbranched alkanes of at least 4 members (excludes halogenated alkanes) is 8. The Labute approximate surface area is 359 Å². The molecule has 0 saturated heterocycles. The minimum Gasteiger partial charge on any atom is -0.239 e. The van der Waals surface area contributed by atoms with E-state index >= 15 is 8.78 Å². The molecule has 0 fully saturated rings. The maximum absolute atomic E-state index is 16.5. The third kappa shape index (κ3) is 9.30. The van der Waals surface area contributed by atoms with E-state index in [1.54, 1.807) is 22.7 Å². The van der Waals surface area contributed by atoms with E-state index in [1.807, 2.05) is 24.3 Å². The molecular formula is C48H56F2N4S4. The van der Waals surface area contributed by atoms with Gasteiger partial charge >= 0.3 is 0 Å². The number of halogens is 2. The summed E-state index contributed by atoms with van der Waals surface area (Å²) in [5.41, 5.74) is 6.41. The molecule has 306 valence electrons. The number of hydrogen-bond acceptors (Lipinski definition) is 7. The Morgan fingerprint density at radius 1 is 0.448 bits per heavy atom. The molecule has 4 heterocycles. The number of hydrogen-bond donors (Lipinski definition) is 0. The highest BCUT2D eigenvalue weighted by Crippen LogP contribution is 2.55. The van der Waals surface area contributed by atoms with Gasteiger partial charge < -0.3 is 0 Å². The zero-order chi connectivity index (χ0) is 40.5. The van der Waals surface area contributed by atoms with Gasteiger partial charge in [-0.05, 0) is 97.9 Å². The summed E-state index contributed by atoms with van der Waals surface area (Å²) in [4.78, 5) is 4.33. The van der Waals surface area contributed by atoms with E-state index in [1.165, 1.54) is 23.1 Å². The number of fused-ring (bicyclic) bond motifs is 2. The summed E-state index contributed by atoms with van der Waals surface area (Å²) in [7, 11) is 0. The molecule has 10 heteroatoms. The Hall–Kier alpha value is -3.44. The standard InChI is InChI=1S/C48H56F2N4S4/c1-5-9-13-29-47(49,30-14-10-6-2)35-21-17-33(18-22-35)37-25-27-39(55-37)41-43-45(53-57-51-43)42(46-44(41)52-58-54-46)40-28-26-38(56-40)34-19-23-36(24-20-34)48(50,31-15-11-7-3)32-16-12-8-4/h17-28H,5-16,29-32H2,1-4H3. The molecule has 0 unspecified atom stereocenters. The third-order valence-corrected chi connectivity index (χ3v) is 15.1. The highest BCUT2D eigenvalue weighted by Gasteiger charge is 2.33. The van der Waals surface area contributed by atoms with Crippen molar-refractivity contribution in [3.63, 3.8) is 0 Å². The molecule has 7 rings (SSSR count). The van der Waals surface area contributed by atoms with Gasteiger partial charge in [0.1, 0.15) is 33.7 Å². The minimum absolute atomic E-state index is 0.581. The first-order chi connectivity index (χ1) is 28.3. The largest absolute Gasteiger partial charge is 0.239 e. The summed E-state index contributed by atoms with van der Waals surface area (Å²) < 4.78 is 52.4. The molecule has 3 aromatic heterocycles. The molecule has 0 bridgehead atoms. The summed E-state index contributed by atoms with van der Waals surface area (Å²) in [6.45, 7) is 8.69. The smallest absolute Gasteiger partial charge is 0.136 e. The highest BCUT2D eigenvalue weighted by atomic mass is 32.1. The van der Waals surface area contributed by atoms with Crippen LogP contribution in [0.5, 0.6) is 0 Å². The van der Waals surface area contributed by atoms with Gasteiger partial charge in [0.2, 0.25) is 0 Å². The normalized spacial score (nSPS) is 12.8. The van der Waals surface area contributed by atoms with Gasteiger partial charge in [0, 0.05) is 30.6 Å². The molecule has 58 heavy (non-hydrogen) atoms. The summed E-state index contributed by atoms with van der Waals surface area (Å²) >= 11 is 5.81. The van der Waals surface area contributed by atoms with Crippen molar-refractivity contribution >= 4 is 68.2 Å². The lowest BCUT2D eigenvalue weighted by Gasteiger charge is -2.26. The summed E-state index contributed by atoms with van der Waals surface area (Å²) in [6.07, 6.45) is 14.6. The van der Waals surface area contributed by atoms with E-state index in [4.69, 9.17) is 17.5 Å². The van der Waals surface area contributed by atoms with E-state index in [2.05, 4.69) is 76.2 Å². The first-order valence-corrected chi connectivity index (χ1v) is 24.6. The second-order valence-electron chi connectivity index (χ2n) is 15.9. The summed E-state index contributed by atoms with van der Waals surface area (Å²) in [5.74, 6) is 0. The first-order valence-electron chi connectivity index (χ1n) is 21.5. The third-order valence-electron chi connectivity index (χ3n) is 11.7. The van der Waals surface area contributed by atoms with E-state index in [9.17, 15) is 0 Å². The van der Waals surface area contributed by atoms with Crippen LogP contribution in [0, 0.1) is 0 Å². The predicted octanol–water partition coefficient (Wildman–Crippen LogP) is 17.9. The molecule has 0 spiro atoms. The summed E-state index contributed by atoms with van der Waals surface area (Å²) in [6, 6.07) is 24.9.